The van der Waals surface area contributed by atoms with Gasteiger partial charge in [0.25, 0.3) is 5.69 Å². The molecule has 2 rings (SSSR count). The van der Waals surface area contributed by atoms with Gasteiger partial charge in [-0.15, -0.1) is 0 Å². The topological polar surface area (TPSA) is 55.2 Å². The summed E-state index contributed by atoms with van der Waals surface area (Å²) in [6, 6.07) is 10.8. The Morgan fingerprint density at radius 1 is 1.26 bits per heavy atom. The van der Waals surface area contributed by atoms with Gasteiger partial charge in [0.05, 0.1) is 15.6 Å². The Hall–Kier alpha value is -2.14. The molecule has 0 aliphatic carbocycles. The van der Waals surface area contributed by atoms with E-state index < -0.39 is 10.7 Å². The van der Waals surface area contributed by atoms with Gasteiger partial charge in [0.1, 0.15) is 0 Å². The molecule has 0 bridgehead atoms. The van der Waals surface area contributed by atoms with Crippen molar-refractivity contribution in [3.63, 3.8) is 0 Å². The van der Waals surface area contributed by atoms with E-state index in [-0.39, 0.29) is 22.9 Å². The summed E-state index contributed by atoms with van der Waals surface area (Å²) in [7, 11) is 0. The largest absolute Gasteiger partial charge is 0.379 e. The van der Waals surface area contributed by atoms with Gasteiger partial charge in [0.2, 0.25) is 0 Å². The van der Waals surface area contributed by atoms with Crippen molar-refractivity contribution in [2.45, 2.75) is 6.54 Å². The summed E-state index contributed by atoms with van der Waals surface area (Å²) in [4.78, 5) is 10.2. The lowest BCUT2D eigenvalue weighted by molar-refractivity contribution is -0.384. The highest BCUT2D eigenvalue weighted by Crippen LogP contribution is 2.23. The molecule has 0 heterocycles. The van der Waals surface area contributed by atoms with Crippen molar-refractivity contribution in [3.8, 4) is 0 Å². The van der Waals surface area contributed by atoms with Gasteiger partial charge in [-0.2, -0.15) is 0 Å². The lowest BCUT2D eigenvalue weighted by Gasteiger charge is -2.08. The van der Waals surface area contributed by atoms with E-state index in [2.05, 4.69) is 5.32 Å². The van der Waals surface area contributed by atoms with Crippen molar-refractivity contribution < 1.29 is 9.31 Å². The lowest BCUT2D eigenvalue weighted by atomic mass is 10.2. The van der Waals surface area contributed by atoms with Crippen LogP contribution in [0, 0.1) is 15.9 Å². The molecule has 2 aromatic carbocycles. The van der Waals surface area contributed by atoms with Gasteiger partial charge < -0.3 is 5.32 Å². The number of hydrogen-bond acceptors (Lipinski definition) is 3. The maximum Gasteiger partial charge on any atom is 0.269 e. The lowest BCUT2D eigenvalue weighted by Crippen LogP contribution is -2.02. The fourth-order valence-corrected chi connectivity index (χ4v) is 1.79. The van der Waals surface area contributed by atoms with Crippen LogP contribution in [0.1, 0.15) is 5.56 Å². The molecule has 0 amide bonds. The number of nitrogens with zero attached hydrogens (tertiary/aromatic N) is 1. The number of hydrogen-bond donors (Lipinski definition) is 1. The number of rotatable bonds is 4. The van der Waals surface area contributed by atoms with Crippen LogP contribution in [0.15, 0.2) is 42.5 Å². The first-order valence-electron chi connectivity index (χ1n) is 5.49. The van der Waals surface area contributed by atoms with Crippen LogP contribution in [-0.2, 0) is 6.54 Å². The van der Waals surface area contributed by atoms with E-state index in [4.69, 9.17) is 11.6 Å². The molecule has 98 valence electrons. The minimum atomic E-state index is -0.533. The molecule has 1 N–H and O–H groups in total. The summed E-state index contributed by atoms with van der Waals surface area (Å²) >= 11 is 5.66. The quantitative estimate of drug-likeness (QED) is 0.680. The van der Waals surface area contributed by atoms with Crippen LogP contribution in [0.3, 0.4) is 0 Å². The first-order valence-corrected chi connectivity index (χ1v) is 5.87. The van der Waals surface area contributed by atoms with Gasteiger partial charge in [-0.05, 0) is 17.7 Å². The first kappa shape index (κ1) is 13.3. The van der Waals surface area contributed by atoms with Crippen LogP contribution >= 0.6 is 11.6 Å². The molecular weight excluding hydrogens is 271 g/mol. The van der Waals surface area contributed by atoms with Gasteiger partial charge in [-0.1, -0.05) is 29.8 Å². The zero-order valence-corrected chi connectivity index (χ0v) is 10.5. The van der Waals surface area contributed by atoms with E-state index in [1.807, 2.05) is 0 Å². The predicted molar refractivity (Wildman–Crippen MR) is 71.8 cm³/mol. The highest BCUT2D eigenvalue weighted by molar-refractivity contribution is 6.31. The zero-order valence-electron chi connectivity index (χ0n) is 9.77. The second-order valence-corrected chi connectivity index (χ2v) is 4.29. The molecule has 6 heteroatoms. The second-order valence-electron chi connectivity index (χ2n) is 3.88. The third-order valence-electron chi connectivity index (χ3n) is 2.56. The number of nitro benzene ring substituents is 1. The number of halogens is 2. The fourth-order valence-electron chi connectivity index (χ4n) is 1.62. The highest BCUT2D eigenvalue weighted by atomic mass is 35.5. The predicted octanol–water partition coefficient (Wildman–Crippen LogP) is 4.00. The molecule has 19 heavy (non-hydrogen) atoms. The van der Waals surface area contributed by atoms with Crippen molar-refractivity contribution in [3.05, 3.63) is 69.0 Å². The van der Waals surface area contributed by atoms with E-state index in [0.29, 0.717) is 5.56 Å². The minimum absolute atomic E-state index is 0.00543. The SMILES string of the molecule is O=[N+]([O-])c1cccc(CNc2cccc(Cl)c2F)c1. The number of nitrogens with one attached hydrogen (secondary N) is 1. The molecule has 4 nitrogen and oxygen atoms in total. The van der Waals surface area contributed by atoms with Crippen LogP contribution in [0.2, 0.25) is 5.02 Å². The summed E-state index contributed by atoms with van der Waals surface area (Å²) in [5, 5.41) is 13.5. The van der Waals surface area contributed by atoms with Gasteiger partial charge in [-0.3, -0.25) is 10.1 Å². The molecule has 0 spiro atoms. The highest BCUT2D eigenvalue weighted by Gasteiger charge is 2.08. The van der Waals surface area contributed by atoms with E-state index >= 15 is 0 Å². The average molecular weight is 281 g/mol. The Morgan fingerprint density at radius 2 is 2.00 bits per heavy atom. The van der Waals surface area contributed by atoms with Gasteiger partial charge in [0.15, 0.2) is 5.82 Å². The molecule has 0 saturated heterocycles. The third-order valence-corrected chi connectivity index (χ3v) is 2.85. The van der Waals surface area contributed by atoms with Crippen molar-refractivity contribution in [1.82, 2.24) is 0 Å². The van der Waals surface area contributed by atoms with Crippen molar-refractivity contribution in [2.75, 3.05) is 5.32 Å². The number of benzene rings is 2. The van der Waals surface area contributed by atoms with Crippen LogP contribution in [0.25, 0.3) is 0 Å². The maximum atomic E-state index is 13.6. The van der Waals surface area contributed by atoms with Crippen LogP contribution in [0.4, 0.5) is 15.8 Å². The van der Waals surface area contributed by atoms with E-state index in [1.165, 1.54) is 18.2 Å². The Labute approximate surface area is 114 Å². The number of nitro groups is 1. The van der Waals surface area contributed by atoms with Gasteiger partial charge in [0, 0.05) is 18.7 Å². The van der Waals surface area contributed by atoms with Crippen LogP contribution in [0.5, 0.6) is 0 Å². The maximum absolute atomic E-state index is 13.6. The van der Waals surface area contributed by atoms with E-state index in [9.17, 15) is 14.5 Å². The van der Waals surface area contributed by atoms with E-state index in [1.54, 1.807) is 24.3 Å². The third kappa shape index (κ3) is 3.20. The fraction of sp³-hybridized carbons (Fsp3) is 0.0769. The van der Waals surface area contributed by atoms with Gasteiger partial charge >= 0.3 is 0 Å². The standard InChI is InChI=1S/C13H10ClFN2O2/c14-11-5-2-6-12(13(11)15)16-8-9-3-1-4-10(7-9)17(18)19/h1-7,16H,8H2. The Balaban J connectivity index is 2.12. The Kier molecular flexibility index (Phi) is 3.97. The molecule has 0 unspecified atom stereocenters. The molecular formula is C13H10ClFN2O2. The first-order chi connectivity index (χ1) is 9.08. The molecule has 0 aromatic heterocycles. The Bertz CT molecular complexity index is 619. The Morgan fingerprint density at radius 3 is 2.74 bits per heavy atom. The van der Waals surface area contributed by atoms with Gasteiger partial charge in [-0.25, -0.2) is 4.39 Å². The number of non-ortho nitro benzene ring substituents is 1. The van der Waals surface area contributed by atoms with Crippen molar-refractivity contribution in [1.29, 1.82) is 0 Å². The monoisotopic (exact) mass is 280 g/mol. The molecule has 0 fully saturated rings. The molecule has 0 radical (unpaired) electrons. The van der Waals surface area contributed by atoms with Crippen LogP contribution in [-0.4, -0.2) is 4.92 Å². The summed E-state index contributed by atoms with van der Waals surface area (Å²) in [6.07, 6.45) is 0. The molecule has 0 aliphatic rings. The summed E-state index contributed by atoms with van der Waals surface area (Å²) in [5.74, 6) is -0.533. The molecule has 2 aromatic rings. The number of anilines is 1. The summed E-state index contributed by atoms with van der Waals surface area (Å²) in [6.45, 7) is 0.277. The summed E-state index contributed by atoms with van der Waals surface area (Å²) < 4.78 is 13.6. The zero-order chi connectivity index (χ0) is 13.8. The second kappa shape index (κ2) is 5.67. The molecule has 0 atom stereocenters. The molecule has 0 saturated carbocycles. The summed E-state index contributed by atoms with van der Waals surface area (Å²) in [5.41, 5.74) is 0.957. The minimum Gasteiger partial charge on any atom is -0.379 e. The van der Waals surface area contributed by atoms with E-state index in [0.717, 1.165) is 0 Å². The normalized spacial score (nSPS) is 10.2. The smallest absolute Gasteiger partial charge is 0.269 e. The van der Waals surface area contributed by atoms with Crippen LogP contribution < -0.4 is 5.32 Å². The average Bonchev–Trinajstić information content (AvgIpc) is 2.41. The van der Waals surface area contributed by atoms with Crippen molar-refractivity contribution in [2.24, 2.45) is 0 Å². The van der Waals surface area contributed by atoms with Crippen molar-refractivity contribution >= 4 is 23.0 Å². The molecule has 0 aliphatic heterocycles.